The topological polar surface area (TPSA) is 55.6 Å². The van der Waals surface area contributed by atoms with Gasteiger partial charge in [-0.05, 0) is 37.3 Å². The van der Waals surface area contributed by atoms with Crippen LogP contribution in [0.3, 0.4) is 0 Å². The molecule has 1 aromatic carbocycles. The van der Waals surface area contributed by atoms with Crippen molar-refractivity contribution in [2.75, 3.05) is 13.2 Å². The number of hydrogen-bond acceptors (Lipinski definition) is 4. The van der Waals surface area contributed by atoms with Crippen LogP contribution in [-0.2, 0) is 4.79 Å². The van der Waals surface area contributed by atoms with Gasteiger partial charge in [0, 0.05) is 23.3 Å². The summed E-state index contributed by atoms with van der Waals surface area (Å²) < 4.78 is 11.0. The summed E-state index contributed by atoms with van der Waals surface area (Å²) in [5.74, 6) is 0.721. The van der Waals surface area contributed by atoms with Gasteiger partial charge in [-0.2, -0.15) is 4.98 Å². The molecular formula is C20H27ClN2O3. The number of rotatable bonds is 8. The van der Waals surface area contributed by atoms with Crippen molar-refractivity contribution < 1.29 is 13.9 Å². The zero-order chi connectivity index (χ0) is 19.3. The summed E-state index contributed by atoms with van der Waals surface area (Å²) in [5.41, 5.74) is 2.22. The normalized spacial score (nSPS) is 12.2. The average Bonchev–Trinajstić information content (AvgIpc) is 2.94. The summed E-state index contributed by atoms with van der Waals surface area (Å²) in [5, 5.41) is 0.561. The first-order chi connectivity index (χ1) is 12.3. The van der Waals surface area contributed by atoms with Gasteiger partial charge >= 0.3 is 6.08 Å². The largest absolute Gasteiger partial charge is 0.440 e. The van der Waals surface area contributed by atoms with E-state index in [1.165, 1.54) is 0 Å². The predicted molar refractivity (Wildman–Crippen MR) is 104 cm³/mol. The molecule has 0 fully saturated rings. The molecule has 0 saturated carbocycles. The van der Waals surface area contributed by atoms with Gasteiger partial charge in [0.15, 0.2) is 12.2 Å². The van der Waals surface area contributed by atoms with Crippen LogP contribution in [0.1, 0.15) is 41.0 Å². The van der Waals surface area contributed by atoms with Gasteiger partial charge in [0.1, 0.15) is 5.52 Å². The molecule has 0 spiro atoms. The number of oxazole rings is 1. The lowest BCUT2D eigenvalue weighted by Gasteiger charge is -2.26. The van der Waals surface area contributed by atoms with E-state index < -0.39 is 0 Å². The fraction of sp³-hybridized carbons (Fsp3) is 0.500. The number of allylic oxidation sites excluding steroid dienone is 2. The molecule has 0 atom stereocenters. The van der Waals surface area contributed by atoms with E-state index in [1.807, 2.05) is 6.92 Å². The Kier molecular flexibility index (Phi) is 7.09. The number of amides is 1. The average molecular weight is 379 g/mol. The molecule has 1 heterocycles. The van der Waals surface area contributed by atoms with Gasteiger partial charge in [-0.3, -0.25) is 4.79 Å². The van der Waals surface area contributed by atoms with Crippen LogP contribution in [0.5, 0.6) is 6.08 Å². The van der Waals surface area contributed by atoms with Crippen molar-refractivity contribution in [3.8, 4) is 6.08 Å². The number of carbonyl (C=O) groups excluding carboxylic acids is 1. The summed E-state index contributed by atoms with van der Waals surface area (Å²) in [6.07, 6.45) is 3.06. The number of carbonyl (C=O) groups is 1. The number of nitrogens with zero attached hydrogens (tertiary/aromatic N) is 2. The molecular weight excluding hydrogens is 352 g/mol. The minimum absolute atomic E-state index is 0.0740. The lowest BCUT2D eigenvalue weighted by atomic mass is 10.0. The first-order valence-electron chi connectivity index (χ1n) is 9.00. The van der Waals surface area contributed by atoms with Gasteiger partial charge in [-0.25, -0.2) is 0 Å². The molecule has 2 aromatic rings. The molecule has 5 nitrogen and oxygen atoms in total. The third-order valence-corrected chi connectivity index (χ3v) is 3.99. The summed E-state index contributed by atoms with van der Waals surface area (Å²) in [7, 11) is 0. The second-order valence-electron chi connectivity index (χ2n) is 7.02. The monoisotopic (exact) mass is 378 g/mol. The molecule has 0 aliphatic heterocycles. The molecule has 0 saturated heterocycles. The van der Waals surface area contributed by atoms with Crippen molar-refractivity contribution in [1.82, 2.24) is 9.88 Å². The fourth-order valence-electron chi connectivity index (χ4n) is 2.75. The number of ether oxygens (including phenoxy) is 1. The first-order valence-corrected chi connectivity index (χ1v) is 9.37. The lowest BCUT2D eigenvalue weighted by molar-refractivity contribution is -0.131. The maximum absolute atomic E-state index is 12.7. The Morgan fingerprint density at radius 1 is 1.35 bits per heavy atom. The Morgan fingerprint density at radius 2 is 2.08 bits per heavy atom. The summed E-state index contributed by atoms with van der Waals surface area (Å²) in [6.45, 7) is 10.9. The summed E-state index contributed by atoms with van der Waals surface area (Å²) >= 11 is 5.94. The van der Waals surface area contributed by atoms with E-state index >= 15 is 0 Å². The van der Waals surface area contributed by atoms with Crippen molar-refractivity contribution in [1.29, 1.82) is 0 Å². The number of hydrogen-bond donors (Lipinski definition) is 0. The Balaban J connectivity index is 2.09. The highest BCUT2D eigenvalue weighted by Crippen LogP contribution is 2.24. The van der Waals surface area contributed by atoms with E-state index in [9.17, 15) is 4.79 Å². The maximum Gasteiger partial charge on any atom is 0.395 e. The summed E-state index contributed by atoms with van der Waals surface area (Å²) in [6, 6.07) is 5.15. The highest BCUT2D eigenvalue weighted by molar-refractivity contribution is 6.31. The zero-order valence-electron chi connectivity index (χ0n) is 16.1. The second kappa shape index (κ2) is 9.08. The molecule has 0 radical (unpaired) electrons. The van der Waals surface area contributed by atoms with Crippen molar-refractivity contribution in [3.63, 3.8) is 0 Å². The molecule has 26 heavy (non-hydrogen) atoms. The van der Waals surface area contributed by atoms with E-state index in [-0.39, 0.29) is 18.6 Å². The number of benzene rings is 1. The number of fused-ring (bicyclic) bond motifs is 1. The third-order valence-electron chi connectivity index (χ3n) is 3.76. The van der Waals surface area contributed by atoms with Crippen molar-refractivity contribution in [2.45, 2.75) is 41.0 Å². The van der Waals surface area contributed by atoms with Crippen LogP contribution >= 0.6 is 11.6 Å². The Hall–Kier alpha value is -2.01. The van der Waals surface area contributed by atoms with E-state index in [4.69, 9.17) is 20.8 Å². The smallest absolute Gasteiger partial charge is 0.395 e. The Bertz CT molecular complexity index is 780. The van der Waals surface area contributed by atoms with Crippen LogP contribution in [-0.4, -0.2) is 28.9 Å². The van der Waals surface area contributed by atoms with Crippen LogP contribution in [0.2, 0.25) is 5.02 Å². The van der Waals surface area contributed by atoms with Gasteiger partial charge in [0.2, 0.25) is 0 Å². The summed E-state index contributed by atoms with van der Waals surface area (Å²) in [4.78, 5) is 18.7. The number of likely N-dealkylation sites (N-methyl/N-ethyl adjacent to an activating group) is 1. The number of aromatic nitrogens is 1. The Labute approximate surface area is 160 Å². The molecule has 0 aliphatic carbocycles. The van der Waals surface area contributed by atoms with Crippen LogP contribution in [0.4, 0.5) is 0 Å². The van der Waals surface area contributed by atoms with Gasteiger partial charge in [-0.15, -0.1) is 0 Å². The van der Waals surface area contributed by atoms with Gasteiger partial charge in [0.25, 0.3) is 5.91 Å². The molecule has 6 heteroatoms. The standard InChI is InChI=1S/C20H27ClN2O3/c1-6-23(16(9-13(2)3)10-14(4)5)19(24)12-25-20-22-17-8-7-15(21)11-18(17)26-20/h7-9,11,13-14H,6,10,12H2,1-5H3. The van der Waals surface area contributed by atoms with E-state index in [2.05, 4.69) is 38.8 Å². The molecule has 0 aliphatic rings. The van der Waals surface area contributed by atoms with Crippen molar-refractivity contribution in [3.05, 3.63) is 35.0 Å². The lowest BCUT2D eigenvalue weighted by Crippen LogP contribution is -2.35. The molecule has 142 valence electrons. The van der Waals surface area contributed by atoms with Gasteiger partial charge in [0.05, 0.1) is 0 Å². The highest BCUT2D eigenvalue weighted by atomic mass is 35.5. The minimum Gasteiger partial charge on any atom is -0.440 e. The molecule has 2 rings (SSSR count). The van der Waals surface area contributed by atoms with Crippen molar-refractivity contribution in [2.24, 2.45) is 11.8 Å². The third kappa shape index (κ3) is 5.49. The molecule has 1 amide bonds. The van der Waals surface area contributed by atoms with Gasteiger partial charge in [-0.1, -0.05) is 45.4 Å². The molecule has 0 bridgehead atoms. The van der Waals surface area contributed by atoms with Crippen LogP contribution in [0.25, 0.3) is 11.1 Å². The van der Waals surface area contributed by atoms with Crippen LogP contribution < -0.4 is 4.74 Å². The SMILES string of the molecule is CCN(C(=O)COc1nc2ccc(Cl)cc2o1)C(=CC(C)C)CC(C)C. The van der Waals surface area contributed by atoms with Gasteiger partial charge < -0.3 is 14.1 Å². The minimum atomic E-state index is -0.123. The van der Waals surface area contributed by atoms with E-state index in [0.717, 1.165) is 12.1 Å². The van der Waals surface area contributed by atoms with Crippen LogP contribution in [0.15, 0.2) is 34.4 Å². The first kappa shape index (κ1) is 20.3. The quantitative estimate of drug-likeness (QED) is 0.625. The molecule has 1 aromatic heterocycles. The van der Waals surface area contributed by atoms with Crippen LogP contribution in [0, 0.1) is 11.8 Å². The van der Waals surface area contributed by atoms with E-state index in [1.54, 1.807) is 23.1 Å². The molecule has 0 unspecified atom stereocenters. The Morgan fingerprint density at radius 3 is 2.69 bits per heavy atom. The second-order valence-corrected chi connectivity index (χ2v) is 7.45. The zero-order valence-corrected chi connectivity index (χ0v) is 16.8. The predicted octanol–water partition coefficient (Wildman–Crippen LogP) is 5.29. The number of halogens is 1. The van der Waals surface area contributed by atoms with E-state index in [0.29, 0.717) is 34.5 Å². The highest BCUT2D eigenvalue weighted by Gasteiger charge is 2.19. The molecule has 0 N–H and O–H groups in total. The fourth-order valence-corrected chi connectivity index (χ4v) is 2.91. The maximum atomic E-state index is 12.7. The van der Waals surface area contributed by atoms with Crippen molar-refractivity contribution >= 4 is 28.6 Å².